The van der Waals surface area contributed by atoms with Crippen LogP contribution in [0.25, 0.3) is 6.08 Å². The van der Waals surface area contributed by atoms with Crippen LogP contribution >= 0.6 is 0 Å². The SMILES string of the molecule is CCOc1ccc(/C=C/C(=O)NNC(=O)CCC(=O)Nc2cc(C)ccc2C)cc1. The fourth-order valence-corrected chi connectivity index (χ4v) is 2.56. The van der Waals surface area contributed by atoms with E-state index in [4.69, 9.17) is 4.74 Å². The quantitative estimate of drug-likeness (QED) is 0.460. The molecule has 0 aromatic heterocycles. The molecule has 0 heterocycles. The normalized spacial score (nSPS) is 10.5. The first kappa shape index (κ1) is 22.7. The molecule has 0 saturated carbocycles. The van der Waals surface area contributed by atoms with Crippen LogP contribution in [0.2, 0.25) is 0 Å². The molecule has 2 aromatic rings. The van der Waals surface area contributed by atoms with E-state index < -0.39 is 11.8 Å². The van der Waals surface area contributed by atoms with Gasteiger partial charge in [-0.2, -0.15) is 0 Å². The molecule has 30 heavy (non-hydrogen) atoms. The monoisotopic (exact) mass is 409 g/mol. The minimum absolute atomic E-state index is 0.0110. The van der Waals surface area contributed by atoms with Crippen LogP contribution in [0.4, 0.5) is 5.69 Å². The van der Waals surface area contributed by atoms with E-state index in [2.05, 4.69) is 16.2 Å². The molecule has 0 spiro atoms. The summed E-state index contributed by atoms with van der Waals surface area (Å²) in [6, 6.07) is 13.0. The van der Waals surface area contributed by atoms with E-state index in [1.165, 1.54) is 6.08 Å². The highest BCUT2D eigenvalue weighted by Gasteiger charge is 2.09. The second-order valence-corrected chi connectivity index (χ2v) is 6.74. The molecule has 3 N–H and O–H groups in total. The van der Waals surface area contributed by atoms with Gasteiger partial charge in [0, 0.05) is 24.6 Å². The van der Waals surface area contributed by atoms with Crippen molar-refractivity contribution in [3.8, 4) is 5.75 Å². The van der Waals surface area contributed by atoms with Gasteiger partial charge >= 0.3 is 0 Å². The van der Waals surface area contributed by atoms with Gasteiger partial charge in [0.05, 0.1) is 6.61 Å². The highest BCUT2D eigenvalue weighted by atomic mass is 16.5. The molecule has 158 valence electrons. The fraction of sp³-hybridized carbons (Fsp3) is 0.261. The van der Waals surface area contributed by atoms with E-state index >= 15 is 0 Å². The second-order valence-electron chi connectivity index (χ2n) is 6.74. The van der Waals surface area contributed by atoms with Crippen molar-refractivity contribution in [1.82, 2.24) is 10.9 Å². The summed E-state index contributed by atoms with van der Waals surface area (Å²) in [7, 11) is 0. The lowest BCUT2D eigenvalue weighted by molar-refractivity contribution is -0.128. The summed E-state index contributed by atoms with van der Waals surface area (Å²) in [4.78, 5) is 35.7. The number of carbonyl (C=O) groups excluding carboxylic acids is 3. The molecule has 7 nitrogen and oxygen atoms in total. The number of rotatable bonds is 8. The first-order valence-electron chi connectivity index (χ1n) is 9.74. The third kappa shape index (κ3) is 7.79. The summed E-state index contributed by atoms with van der Waals surface area (Å²) in [5.41, 5.74) is 8.13. The lowest BCUT2D eigenvalue weighted by Gasteiger charge is -2.09. The van der Waals surface area contributed by atoms with Gasteiger partial charge in [-0.1, -0.05) is 24.3 Å². The highest BCUT2D eigenvalue weighted by Crippen LogP contribution is 2.16. The molecule has 0 unspecified atom stereocenters. The Morgan fingerprint density at radius 3 is 2.33 bits per heavy atom. The largest absolute Gasteiger partial charge is 0.494 e. The van der Waals surface area contributed by atoms with Gasteiger partial charge in [0.2, 0.25) is 11.8 Å². The number of benzene rings is 2. The van der Waals surface area contributed by atoms with E-state index in [1.54, 1.807) is 6.08 Å². The van der Waals surface area contributed by atoms with Gasteiger partial charge in [-0.05, 0) is 61.7 Å². The first-order valence-corrected chi connectivity index (χ1v) is 9.74. The smallest absolute Gasteiger partial charge is 0.262 e. The molecule has 2 aromatic carbocycles. The third-order valence-electron chi connectivity index (χ3n) is 4.19. The zero-order chi connectivity index (χ0) is 21.9. The Morgan fingerprint density at radius 2 is 1.63 bits per heavy atom. The lowest BCUT2D eigenvalue weighted by Crippen LogP contribution is -2.41. The van der Waals surface area contributed by atoms with E-state index in [0.717, 1.165) is 28.1 Å². The van der Waals surface area contributed by atoms with Crippen molar-refractivity contribution in [2.24, 2.45) is 0 Å². The van der Waals surface area contributed by atoms with Crippen molar-refractivity contribution in [3.05, 3.63) is 65.2 Å². The van der Waals surface area contributed by atoms with Crippen molar-refractivity contribution < 1.29 is 19.1 Å². The fourth-order valence-electron chi connectivity index (χ4n) is 2.56. The van der Waals surface area contributed by atoms with E-state index in [1.807, 2.05) is 63.2 Å². The van der Waals surface area contributed by atoms with Crippen LogP contribution in [0.1, 0.15) is 36.5 Å². The van der Waals surface area contributed by atoms with E-state index in [9.17, 15) is 14.4 Å². The summed E-state index contributed by atoms with van der Waals surface area (Å²) in [5.74, 6) is -0.431. The maximum absolute atomic E-state index is 12.0. The molecule has 0 atom stereocenters. The number of amides is 3. The van der Waals surface area contributed by atoms with Crippen molar-refractivity contribution >= 4 is 29.5 Å². The van der Waals surface area contributed by atoms with Gasteiger partial charge in [-0.15, -0.1) is 0 Å². The minimum atomic E-state index is -0.475. The summed E-state index contributed by atoms with van der Waals surface area (Å²) in [6.07, 6.45) is 2.90. The Hall–Kier alpha value is -3.61. The number of nitrogens with one attached hydrogen (secondary N) is 3. The van der Waals surface area contributed by atoms with Crippen LogP contribution in [-0.2, 0) is 14.4 Å². The maximum Gasteiger partial charge on any atom is 0.262 e. The van der Waals surface area contributed by atoms with Crippen LogP contribution in [0, 0.1) is 13.8 Å². The predicted octanol–water partition coefficient (Wildman–Crippen LogP) is 3.28. The minimum Gasteiger partial charge on any atom is -0.494 e. The lowest BCUT2D eigenvalue weighted by atomic mass is 10.1. The van der Waals surface area contributed by atoms with Gasteiger partial charge < -0.3 is 10.1 Å². The number of carbonyl (C=O) groups is 3. The Labute approximate surface area is 176 Å². The molecule has 3 amide bonds. The molecule has 2 rings (SSSR count). The van der Waals surface area contributed by atoms with Gasteiger partial charge in [0.15, 0.2) is 0 Å². The van der Waals surface area contributed by atoms with Crippen molar-refractivity contribution in [1.29, 1.82) is 0 Å². The van der Waals surface area contributed by atoms with Crippen molar-refractivity contribution in [2.75, 3.05) is 11.9 Å². The van der Waals surface area contributed by atoms with Gasteiger partial charge in [0.1, 0.15) is 5.75 Å². The molecule has 0 saturated heterocycles. The molecule has 0 fully saturated rings. The topological polar surface area (TPSA) is 96.5 Å². The van der Waals surface area contributed by atoms with Crippen molar-refractivity contribution in [2.45, 2.75) is 33.6 Å². The molecule has 7 heteroatoms. The van der Waals surface area contributed by atoms with E-state index in [0.29, 0.717) is 6.61 Å². The Balaban J connectivity index is 1.71. The molecular formula is C23H27N3O4. The predicted molar refractivity (Wildman–Crippen MR) is 117 cm³/mol. The zero-order valence-corrected chi connectivity index (χ0v) is 17.5. The molecular weight excluding hydrogens is 382 g/mol. The highest BCUT2D eigenvalue weighted by molar-refractivity contribution is 5.95. The van der Waals surface area contributed by atoms with Crippen LogP contribution in [0.15, 0.2) is 48.5 Å². The maximum atomic E-state index is 12.0. The third-order valence-corrected chi connectivity index (χ3v) is 4.19. The molecule has 0 bridgehead atoms. The number of ether oxygens (including phenoxy) is 1. The molecule has 0 aliphatic heterocycles. The van der Waals surface area contributed by atoms with E-state index in [-0.39, 0.29) is 18.7 Å². The molecule has 0 aliphatic rings. The number of hydrogen-bond donors (Lipinski definition) is 3. The standard InChI is InChI=1S/C23H27N3O4/c1-4-30-19-10-7-18(8-11-19)9-12-22(28)25-26-23(29)14-13-21(27)24-20-15-16(2)5-6-17(20)3/h5-12,15H,4,13-14H2,1-3H3,(H,24,27)(H,25,28)(H,26,29)/b12-9+. The summed E-state index contributed by atoms with van der Waals surface area (Å²) in [6.45, 7) is 6.34. The van der Waals surface area contributed by atoms with Gasteiger partial charge in [-0.3, -0.25) is 25.2 Å². The van der Waals surface area contributed by atoms with Crippen LogP contribution in [0.5, 0.6) is 5.75 Å². The van der Waals surface area contributed by atoms with Gasteiger partial charge in [0.25, 0.3) is 5.91 Å². The van der Waals surface area contributed by atoms with Crippen molar-refractivity contribution in [3.63, 3.8) is 0 Å². The van der Waals surface area contributed by atoms with Crippen LogP contribution in [-0.4, -0.2) is 24.3 Å². The first-order chi connectivity index (χ1) is 14.4. The number of hydrazine groups is 1. The number of hydrogen-bond acceptors (Lipinski definition) is 4. The Bertz CT molecular complexity index is 921. The zero-order valence-electron chi connectivity index (χ0n) is 17.5. The number of aryl methyl sites for hydroxylation is 2. The Kier molecular flexibility index (Phi) is 8.62. The average molecular weight is 409 g/mol. The average Bonchev–Trinajstić information content (AvgIpc) is 2.73. The molecule has 0 radical (unpaired) electrons. The molecule has 0 aliphatic carbocycles. The number of anilines is 1. The summed E-state index contributed by atoms with van der Waals surface area (Å²) in [5, 5.41) is 2.80. The van der Waals surface area contributed by atoms with Crippen LogP contribution in [0.3, 0.4) is 0 Å². The second kappa shape index (κ2) is 11.4. The summed E-state index contributed by atoms with van der Waals surface area (Å²) >= 11 is 0. The summed E-state index contributed by atoms with van der Waals surface area (Å²) < 4.78 is 5.36. The Morgan fingerprint density at radius 1 is 0.933 bits per heavy atom. The van der Waals surface area contributed by atoms with Crippen LogP contribution < -0.4 is 20.9 Å². The van der Waals surface area contributed by atoms with Gasteiger partial charge in [-0.25, -0.2) is 0 Å².